The summed E-state index contributed by atoms with van der Waals surface area (Å²) in [6.45, 7) is 15.3. The van der Waals surface area contributed by atoms with Crippen LogP contribution in [0.3, 0.4) is 0 Å². The van der Waals surface area contributed by atoms with Gasteiger partial charge in [0.15, 0.2) is 29.2 Å². The van der Waals surface area contributed by atoms with Crippen molar-refractivity contribution in [2.45, 2.75) is 105 Å². The maximum Gasteiger partial charge on any atom is 0.496 e. The number of ether oxygens (including phenoxy) is 1. The van der Waals surface area contributed by atoms with E-state index in [2.05, 4.69) is 41.2 Å². The fourth-order valence-electron chi connectivity index (χ4n) is 9.07. The van der Waals surface area contributed by atoms with E-state index in [-0.39, 0.29) is 41.4 Å². The Labute approximate surface area is 502 Å². The normalized spacial score (nSPS) is 15.8. The third kappa shape index (κ3) is 14.0. The Balaban J connectivity index is 0.000000193. The molecule has 0 spiro atoms. The molecule has 27 heteroatoms. The lowest BCUT2D eigenvalue weighted by molar-refractivity contribution is -0.0371. The molecule has 2 saturated heterocycles. The second-order valence-electron chi connectivity index (χ2n) is 21.0. The van der Waals surface area contributed by atoms with E-state index in [9.17, 15) is 35.2 Å². The molecule has 0 amide bonds. The van der Waals surface area contributed by atoms with Gasteiger partial charge in [0.1, 0.15) is 34.4 Å². The number of aromatic nitrogens is 6. The Kier molecular flexibility index (Phi) is 19.5. The number of benzene rings is 4. The number of nitrogens with one attached hydrogen (secondary N) is 3. The number of pyridine rings is 2. The van der Waals surface area contributed by atoms with Crippen LogP contribution >= 0.6 is 39.1 Å². The minimum Gasteiger partial charge on any atom is -0.399 e. The molecule has 17 nitrogen and oxygen atoms in total. The minimum atomic E-state index is -4.03. The van der Waals surface area contributed by atoms with Gasteiger partial charge in [-0.25, -0.2) is 49.0 Å². The van der Waals surface area contributed by atoms with E-state index in [1.165, 1.54) is 10.2 Å². The smallest absolute Gasteiger partial charge is 0.399 e. The number of hydrogen-bond donors (Lipinski definition) is 3. The maximum atomic E-state index is 15.6. The number of hydrogen-bond acceptors (Lipinski definition) is 13. The molecule has 0 saturated carbocycles. The number of carbonyl (C=O) groups is 2. The summed E-state index contributed by atoms with van der Waals surface area (Å²) >= 11 is 15.1. The fraction of sp³-hybridized carbons (Fsp3) is 0.333. The van der Waals surface area contributed by atoms with Crippen LogP contribution in [0.4, 0.5) is 28.9 Å². The van der Waals surface area contributed by atoms with Crippen molar-refractivity contribution < 1.29 is 58.0 Å². The van der Waals surface area contributed by atoms with Gasteiger partial charge in [-0.2, -0.15) is 10.2 Å². The SMILES string of the molecule is CCCS(=O)(=O)Nc1c(F)ccc(C(=O)c2[nH]nc3ncc(-c4ccc(Cl)cc4C)cc23)c1F.CCCS(=O)(=O)Nc1c(F)ccc(C(=O)c2nn(C3CCCCO3)c3ncc(B4OC(C)(C)C(C)(C)O4)cc23)c1F.Cc1cc(Cl)ccc1Br. The molecule has 10 rings (SSSR count). The van der Waals surface area contributed by atoms with Crippen LogP contribution in [0.2, 0.25) is 10.0 Å². The first kappa shape index (κ1) is 63.7. The highest BCUT2D eigenvalue weighted by Gasteiger charge is 2.52. The van der Waals surface area contributed by atoms with E-state index in [0.29, 0.717) is 45.5 Å². The highest BCUT2D eigenvalue weighted by molar-refractivity contribution is 9.10. The van der Waals surface area contributed by atoms with Gasteiger partial charge in [-0.15, -0.1) is 0 Å². The zero-order valence-corrected chi connectivity index (χ0v) is 51.5. The van der Waals surface area contributed by atoms with Crippen molar-refractivity contribution in [3.8, 4) is 11.1 Å². The van der Waals surface area contributed by atoms with E-state index >= 15 is 8.78 Å². The van der Waals surface area contributed by atoms with Gasteiger partial charge in [-0.1, -0.05) is 59.0 Å². The van der Waals surface area contributed by atoms with Crippen LogP contribution in [0, 0.1) is 37.1 Å². The Morgan fingerprint density at radius 2 is 1.32 bits per heavy atom. The van der Waals surface area contributed by atoms with Gasteiger partial charge in [-0.05, 0) is 157 Å². The first-order chi connectivity index (χ1) is 39.6. The molecule has 0 bridgehead atoms. The van der Waals surface area contributed by atoms with Gasteiger partial charge in [0.2, 0.25) is 31.6 Å². The van der Waals surface area contributed by atoms with Crippen molar-refractivity contribution in [3.63, 3.8) is 0 Å². The summed E-state index contributed by atoms with van der Waals surface area (Å²) in [5, 5.41) is 13.1. The molecule has 6 heterocycles. The van der Waals surface area contributed by atoms with Crippen molar-refractivity contribution in [2.75, 3.05) is 27.6 Å². The van der Waals surface area contributed by atoms with Crippen LogP contribution in [-0.4, -0.2) is 94.8 Å². The number of aromatic amines is 1. The molecule has 2 fully saturated rings. The van der Waals surface area contributed by atoms with Gasteiger partial charge in [0.25, 0.3) is 0 Å². The molecule has 1 unspecified atom stereocenters. The first-order valence-corrected chi connectivity index (χ1v) is 31.3. The summed E-state index contributed by atoms with van der Waals surface area (Å²) in [6, 6.07) is 18.0. The summed E-state index contributed by atoms with van der Waals surface area (Å²) in [5.41, 5.74) is 0.333. The molecule has 4 aromatic carbocycles. The molecule has 444 valence electrons. The molecule has 2 aliphatic heterocycles. The number of nitrogens with zero attached hydrogens (tertiary/aromatic N) is 5. The molecule has 1 atom stereocenters. The van der Waals surface area contributed by atoms with E-state index in [4.69, 9.17) is 37.2 Å². The lowest BCUT2D eigenvalue weighted by atomic mass is 9.80. The molecule has 0 aliphatic carbocycles. The number of rotatable bonds is 15. The Morgan fingerprint density at radius 3 is 1.86 bits per heavy atom. The number of anilines is 2. The van der Waals surface area contributed by atoms with Gasteiger partial charge in [-0.3, -0.25) is 24.1 Å². The standard InChI is InChI=1S/C27H33BF2N4O6S.C23H19ClF2N4O3S.C7H6BrCl/c1-6-13-41(36,37)33-23-19(29)11-10-17(21(23)30)24(35)22-18-14-16(28-39-26(2,3)27(4,5)40-28)15-31-25(18)34(32-22)20-9-7-8-12-38-20;1-3-8-34(32,33)30-21-18(25)7-6-16(19(21)26)22(31)20-17-10-13(11-27-23(17)29-28-20)15-5-4-14(24)9-12(15)2;1-5-4-6(9)2-3-7(5)8/h10-11,14-15,20,33H,6-9,12-13H2,1-5H3;4-7,9-11,30H,3,8H2,1-2H3,(H,27,28,29);2-4H,1H3. The van der Waals surface area contributed by atoms with Gasteiger partial charge in [0.05, 0.1) is 44.6 Å². The van der Waals surface area contributed by atoms with Crippen LogP contribution in [0.15, 0.2) is 89.7 Å². The van der Waals surface area contributed by atoms with Crippen LogP contribution in [0.1, 0.15) is 123 Å². The molecule has 4 aromatic heterocycles. The van der Waals surface area contributed by atoms with Crippen LogP contribution in [-0.2, 0) is 34.1 Å². The summed E-state index contributed by atoms with van der Waals surface area (Å²) in [6.07, 6.45) is 5.58. The summed E-state index contributed by atoms with van der Waals surface area (Å²) < 4.78 is 133. The lowest BCUT2D eigenvalue weighted by Crippen LogP contribution is -2.41. The van der Waals surface area contributed by atoms with Crippen molar-refractivity contribution >= 4 is 117 Å². The van der Waals surface area contributed by atoms with Gasteiger partial charge >= 0.3 is 7.12 Å². The Morgan fingerprint density at radius 1 is 0.750 bits per heavy atom. The number of fused-ring (bicyclic) bond motifs is 2. The second kappa shape index (κ2) is 25.7. The Hall–Kier alpha value is -6.32. The highest BCUT2D eigenvalue weighted by atomic mass is 79.9. The highest BCUT2D eigenvalue weighted by Crippen LogP contribution is 2.38. The average Bonchev–Trinajstić information content (AvgIpc) is 3.81. The molecule has 8 aromatic rings. The molecule has 2 aliphatic rings. The zero-order chi connectivity index (χ0) is 61.2. The number of H-pyrrole nitrogens is 1. The number of aryl methyl sites for hydroxylation is 2. The fourth-order valence-corrected chi connectivity index (χ4v) is 12.0. The average molecular weight is 1300 g/mol. The van der Waals surface area contributed by atoms with Gasteiger partial charge < -0.3 is 14.0 Å². The quantitative estimate of drug-likeness (QED) is 0.0494. The minimum absolute atomic E-state index is 0.0659. The Bertz CT molecular complexity index is 4060. The molecule has 3 N–H and O–H groups in total. The maximum absolute atomic E-state index is 15.6. The largest absolute Gasteiger partial charge is 0.496 e. The monoisotopic (exact) mass is 1300 g/mol. The third-order valence-corrected chi connectivity index (χ3v) is 18.4. The summed E-state index contributed by atoms with van der Waals surface area (Å²) in [4.78, 5) is 35.9. The number of halogens is 7. The van der Waals surface area contributed by atoms with E-state index in [0.717, 1.165) is 57.7 Å². The second-order valence-corrected chi connectivity index (χ2v) is 26.4. The third-order valence-electron chi connectivity index (χ3n) is 14.1. The van der Waals surface area contributed by atoms with Crippen LogP contribution in [0.5, 0.6) is 0 Å². The first-order valence-electron chi connectivity index (χ1n) is 26.5. The predicted molar refractivity (Wildman–Crippen MR) is 320 cm³/mol. The van der Waals surface area contributed by atoms with Crippen LogP contribution in [0.25, 0.3) is 33.2 Å². The van der Waals surface area contributed by atoms with Crippen LogP contribution < -0.4 is 14.9 Å². The molecule has 0 radical (unpaired) electrons. The molecule has 84 heavy (non-hydrogen) atoms. The number of ketones is 2. The number of sulfonamides is 2. The van der Waals surface area contributed by atoms with Gasteiger partial charge in [0, 0.05) is 44.5 Å². The van der Waals surface area contributed by atoms with E-state index < -0.39 is 102 Å². The topological polar surface area (TPSA) is 226 Å². The predicted octanol–water partition coefficient (Wildman–Crippen LogP) is 12.7. The zero-order valence-electron chi connectivity index (χ0n) is 46.8. The van der Waals surface area contributed by atoms with E-state index in [1.54, 1.807) is 50.5 Å². The van der Waals surface area contributed by atoms with Crippen molar-refractivity contribution in [2.24, 2.45) is 0 Å². The van der Waals surface area contributed by atoms with Crippen molar-refractivity contribution in [1.29, 1.82) is 0 Å². The lowest BCUT2D eigenvalue weighted by Gasteiger charge is -2.32. The summed E-state index contributed by atoms with van der Waals surface area (Å²) in [7, 11) is -8.80. The van der Waals surface area contributed by atoms with E-state index in [1.807, 2.05) is 75.3 Å². The molecular weight excluding hydrogens is 1240 g/mol. The summed E-state index contributed by atoms with van der Waals surface area (Å²) in [5.74, 6) is -7.29. The van der Waals surface area contributed by atoms with Crippen molar-refractivity contribution in [1.82, 2.24) is 29.9 Å². The number of carbonyl (C=O) groups excluding carboxylic acids is 2. The molecular formula is C57H58BBrCl2F4N8O9S2. The van der Waals surface area contributed by atoms with Crippen molar-refractivity contribution in [3.05, 3.63) is 157 Å².